The second-order valence-electron chi connectivity index (χ2n) is 15.2. The van der Waals surface area contributed by atoms with Gasteiger partial charge in [0.15, 0.2) is 0 Å². The van der Waals surface area contributed by atoms with E-state index in [4.69, 9.17) is 14.2 Å². The van der Waals surface area contributed by atoms with Crippen molar-refractivity contribution in [3.8, 4) is 28.0 Å². The molecule has 0 radical (unpaired) electrons. The summed E-state index contributed by atoms with van der Waals surface area (Å²) < 4.78 is 17.4. The second kappa shape index (κ2) is 19.8. The fourth-order valence-corrected chi connectivity index (χ4v) is 6.97. The number of carbonyl (C=O) groups excluding carboxylic acids is 2. The fourth-order valence-electron chi connectivity index (χ4n) is 6.97. The lowest BCUT2D eigenvalue weighted by atomic mass is 9.79. The SMILES string of the molecule is C=C(C)C(=O)OCCCc1cc(-c2ccc(-c3ccc(C4CCC(C)CC4)cc3)cc2C)cc(CCCOC(=O)C(=C)C)c1OCC(CC)(CO)CO. The van der Waals surface area contributed by atoms with Crippen LogP contribution in [0.25, 0.3) is 22.3 Å². The molecule has 0 heterocycles. The first kappa shape index (κ1) is 41.6. The van der Waals surface area contributed by atoms with Crippen LogP contribution in [0, 0.1) is 18.3 Å². The first-order valence-corrected chi connectivity index (χ1v) is 19.3. The summed E-state index contributed by atoms with van der Waals surface area (Å²) in [6.45, 7) is 17.2. The van der Waals surface area contributed by atoms with Crippen LogP contribution in [0.15, 0.2) is 78.9 Å². The average molecular weight is 725 g/mol. The quantitative estimate of drug-likeness (QED) is 0.0722. The van der Waals surface area contributed by atoms with E-state index in [-0.39, 0.29) is 33.0 Å². The summed E-state index contributed by atoms with van der Waals surface area (Å²) in [5.74, 6) is 1.31. The highest BCUT2D eigenvalue weighted by Gasteiger charge is 2.29. The van der Waals surface area contributed by atoms with Crippen LogP contribution in [0.4, 0.5) is 0 Å². The highest BCUT2D eigenvalue weighted by molar-refractivity contribution is 5.87. The minimum atomic E-state index is -0.805. The van der Waals surface area contributed by atoms with Crippen molar-refractivity contribution in [3.63, 3.8) is 0 Å². The van der Waals surface area contributed by atoms with Gasteiger partial charge in [0.05, 0.1) is 38.4 Å². The number of ether oxygens (including phenoxy) is 3. The Morgan fingerprint density at radius 1 is 0.774 bits per heavy atom. The maximum atomic E-state index is 12.1. The number of aliphatic hydroxyl groups is 2. The van der Waals surface area contributed by atoms with Crippen molar-refractivity contribution in [1.82, 2.24) is 0 Å². The number of esters is 2. The molecule has 286 valence electrons. The molecular formula is C46H60O7. The van der Waals surface area contributed by atoms with Gasteiger partial charge in [-0.3, -0.25) is 0 Å². The molecule has 1 saturated carbocycles. The maximum Gasteiger partial charge on any atom is 0.333 e. The van der Waals surface area contributed by atoms with Crippen LogP contribution in [-0.2, 0) is 31.9 Å². The van der Waals surface area contributed by atoms with E-state index in [1.165, 1.54) is 36.8 Å². The van der Waals surface area contributed by atoms with Gasteiger partial charge in [-0.15, -0.1) is 0 Å². The lowest BCUT2D eigenvalue weighted by molar-refractivity contribution is -0.139. The molecule has 1 fully saturated rings. The number of aliphatic hydroxyl groups excluding tert-OH is 2. The van der Waals surface area contributed by atoms with E-state index in [9.17, 15) is 19.8 Å². The summed E-state index contributed by atoms with van der Waals surface area (Å²) >= 11 is 0. The van der Waals surface area contributed by atoms with Gasteiger partial charge in [0.2, 0.25) is 0 Å². The lowest BCUT2D eigenvalue weighted by Crippen LogP contribution is -2.36. The molecule has 1 aliphatic carbocycles. The van der Waals surface area contributed by atoms with Gasteiger partial charge in [-0.1, -0.05) is 82.3 Å². The maximum absolute atomic E-state index is 12.1. The summed E-state index contributed by atoms with van der Waals surface area (Å²) in [6, 6.07) is 20.0. The van der Waals surface area contributed by atoms with Gasteiger partial charge >= 0.3 is 11.9 Å². The Bertz CT molecular complexity index is 1640. The van der Waals surface area contributed by atoms with Crippen LogP contribution in [0.3, 0.4) is 0 Å². The summed E-state index contributed by atoms with van der Waals surface area (Å²) in [6.07, 6.45) is 7.91. The normalized spacial score (nSPS) is 15.8. The monoisotopic (exact) mass is 724 g/mol. The van der Waals surface area contributed by atoms with Crippen LogP contribution < -0.4 is 4.74 Å². The molecule has 53 heavy (non-hydrogen) atoms. The van der Waals surface area contributed by atoms with Gasteiger partial charge in [-0.05, 0) is 134 Å². The number of hydrogen-bond acceptors (Lipinski definition) is 7. The van der Waals surface area contributed by atoms with E-state index >= 15 is 0 Å². The molecular weight excluding hydrogens is 664 g/mol. The first-order chi connectivity index (χ1) is 25.4. The van der Waals surface area contributed by atoms with Crippen molar-refractivity contribution < 1.29 is 34.0 Å². The van der Waals surface area contributed by atoms with E-state index in [0.29, 0.717) is 54.9 Å². The molecule has 3 aromatic rings. The molecule has 0 spiro atoms. The van der Waals surface area contributed by atoms with Gasteiger partial charge in [-0.25, -0.2) is 9.59 Å². The van der Waals surface area contributed by atoms with Crippen LogP contribution >= 0.6 is 0 Å². The van der Waals surface area contributed by atoms with E-state index in [1.807, 2.05) is 6.92 Å². The second-order valence-corrected chi connectivity index (χ2v) is 15.2. The highest BCUT2D eigenvalue weighted by atomic mass is 16.5. The molecule has 0 aliphatic heterocycles. The molecule has 0 aromatic heterocycles. The molecule has 4 rings (SSSR count). The molecule has 2 N–H and O–H groups in total. The number of aryl methyl sites for hydroxylation is 3. The Morgan fingerprint density at radius 3 is 1.77 bits per heavy atom. The predicted molar refractivity (Wildman–Crippen MR) is 213 cm³/mol. The van der Waals surface area contributed by atoms with Crippen molar-refractivity contribution in [2.24, 2.45) is 11.3 Å². The minimum Gasteiger partial charge on any atom is -0.492 e. The molecule has 0 bridgehead atoms. The molecule has 0 amide bonds. The molecule has 7 nitrogen and oxygen atoms in total. The number of benzene rings is 3. The Morgan fingerprint density at radius 2 is 1.30 bits per heavy atom. The largest absolute Gasteiger partial charge is 0.492 e. The highest BCUT2D eigenvalue weighted by Crippen LogP contribution is 2.39. The number of hydrogen-bond donors (Lipinski definition) is 2. The van der Waals surface area contributed by atoms with Crippen molar-refractivity contribution in [2.75, 3.05) is 33.0 Å². The van der Waals surface area contributed by atoms with Crippen molar-refractivity contribution in [3.05, 3.63) is 101 Å². The zero-order valence-electron chi connectivity index (χ0n) is 32.6. The standard InChI is InChI=1S/C46H60O7/c1-8-46(28-47,29-48)30-53-43-39(11-9-23-51-44(49)31(2)3)26-41(27-40(43)12-10-24-52-45(50)32(4)5)42-22-21-38(25-34(42)7)37-19-17-36(18-20-37)35-15-13-33(6)14-16-35/h17-22,25-27,33,35,47-48H,2,4,8-16,23-24,28-30H2,1,3,5-7H3. The predicted octanol–water partition coefficient (Wildman–Crippen LogP) is 9.49. The summed E-state index contributed by atoms with van der Waals surface area (Å²) in [5.41, 5.74) is 8.80. The topological polar surface area (TPSA) is 102 Å². The number of carbonyl (C=O) groups is 2. The Labute approximate surface area is 317 Å². The Balaban J connectivity index is 1.68. The zero-order chi connectivity index (χ0) is 38.5. The summed E-state index contributed by atoms with van der Waals surface area (Å²) in [5, 5.41) is 20.4. The molecule has 0 atom stereocenters. The van der Waals surface area contributed by atoms with E-state index in [2.05, 4.69) is 81.6 Å². The van der Waals surface area contributed by atoms with Crippen LogP contribution in [-0.4, -0.2) is 55.2 Å². The molecule has 0 saturated heterocycles. The van der Waals surface area contributed by atoms with Gasteiger partial charge in [0, 0.05) is 11.1 Å². The molecule has 0 unspecified atom stereocenters. The van der Waals surface area contributed by atoms with E-state index < -0.39 is 17.4 Å². The number of rotatable bonds is 19. The third kappa shape index (κ3) is 11.4. The van der Waals surface area contributed by atoms with Crippen molar-refractivity contribution in [2.45, 2.75) is 98.3 Å². The van der Waals surface area contributed by atoms with Gasteiger partial charge in [-0.2, -0.15) is 0 Å². The van der Waals surface area contributed by atoms with Gasteiger partial charge < -0.3 is 24.4 Å². The smallest absolute Gasteiger partial charge is 0.333 e. The van der Waals surface area contributed by atoms with Crippen LogP contribution in [0.5, 0.6) is 5.75 Å². The van der Waals surface area contributed by atoms with E-state index in [1.54, 1.807) is 13.8 Å². The average Bonchev–Trinajstić information content (AvgIpc) is 3.16. The van der Waals surface area contributed by atoms with Crippen molar-refractivity contribution in [1.29, 1.82) is 0 Å². The minimum absolute atomic E-state index is 0.123. The Kier molecular flexibility index (Phi) is 15.5. The Hall–Kier alpha value is -4.20. The molecule has 7 heteroatoms. The third-order valence-electron chi connectivity index (χ3n) is 10.8. The van der Waals surface area contributed by atoms with Gasteiger partial charge in [0.1, 0.15) is 5.75 Å². The van der Waals surface area contributed by atoms with Crippen LogP contribution in [0.2, 0.25) is 0 Å². The zero-order valence-corrected chi connectivity index (χ0v) is 32.6. The fraction of sp³-hybridized carbons (Fsp3) is 0.478. The van der Waals surface area contributed by atoms with Gasteiger partial charge in [0.25, 0.3) is 0 Å². The third-order valence-corrected chi connectivity index (χ3v) is 10.8. The molecule has 3 aromatic carbocycles. The van der Waals surface area contributed by atoms with Crippen molar-refractivity contribution >= 4 is 11.9 Å². The molecule has 1 aliphatic rings. The summed E-state index contributed by atoms with van der Waals surface area (Å²) in [7, 11) is 0. The van der Waals surface area contributed by atoms with E-state index in [0.717, 1.165) is 39.3 Å². The first-order valence-electron chi connectivity index (χ1n) is 19.3. The van der Waals surface area contributed by atoms with Crippen LogP contribution in [0.1, 0.15) is 101 Å². The lowest BCUT2D eigenvalue weighted by Gasteiger charge is -2.29. The summed E-state index contributed by atoms with van der Waals surface area (Å²) in [4.78, 5) is 24.2.